The zero-order valence-corrected chi connectivity index (χ0v) is 8.96. The molecule has 3 fully saturated rings. The highest BCUT2D eigenvalue weighted by Gasteiger charge is 2.57. The highest BCUT2D eigenvalue weighted by Crippen LogP contribution is 2.57. The van der Waals surface area contributed by atoms with Crippen LogP contribution < -0.4 is 0 Å². The second kappa shape index (κ2) is 2.73. The fraction of sp³-hybridized carbons (Fsp3) is 1.00. The molecule has 14 heavy (non-hydrogen) atoms. The van der Waals surface area contributed by atoms with Crippen molar-refractivity contribution in [3.8, 4) is 0 Å². The second-order valence-electron chi connectivity index (χ2n) is 5.84. The molecule has 2 saturated carbocycles. The van der Waals surface area contributed by atoms with Gasteiger partial charge in [-0.05, 0) is 43.4 Å². The Morgan fingerprint density at radius 3 is 2.79 bits per heavy atom. The number of aliphatic hydroxyl groups excluding tert-OH is 1. The highest BCUT2D eigenvalue weighted by molar-refractivity contribution is 5.07. The number of hydrogen-bond acceptors (Lipinski definition) is 2. The molecule has 1 aliphatic heterocycles. The van der Waals surface area contributed by atoms with Crippen molar-refractivity contribution < 1.29 is 9.84 Å². The Kier molecular flexibility index (Phi) is 1.79. The zero-order valence-electron chi connectivity index (χ0n) is 8.96. The molecule has 0 bridgehead atoms. The molecule has 0 aromatic carbocycles. The van der Waals surface area contributed by atoms with Crippen LogP contribution in [0.5, 0.6) is 0 Å². The first-order valence-electron chi connectivity index (χ1n) is 5.97. The third-order valence-electron chi connectivity index (χ3n) is 4.93. The van der Waals surface area contributed by atoms with Crippen LogP contribution in [0, 0.1) is 11.3 Å². The lowest BCUT2D eigenvalue weighted by Crippen LogP contribution is -2.48. The fourth-order valence-electron chi connectivity index (χ4n) is 3.79. The summed E-state index contributed by atoms with van der Waals surface area (Å²) in [5, 5.41) is 10.2. The van der Waals surface area contributed by atoms with Gasteiger partial charge in [0.2, 0.25) is 0 Å². The van der Waals surface area contributed by atoms with Crippen LogP contribution in [-0.2, 0) is 4.74 Å². The van der Waals surface area contributed by atoms with E-state index in [1.54, 1.807) is 0 Å². The first-order chi connectivity index (χ1) is 6.65. The monoisotopic (exact) mass is 196 g/mol. The van der Waals surface area contributed by atoms with E-state index < -0.39 is 0 Å². The Hall–Kier alpha value is -0.0800. The van der Waals surface area contributed by atoms with E-state index in [9.17, 15) is 5.11 Å². The Bertz CT molecular complexity index is 247. The van der Waals surface area contributed by atoms with Crippen molar-refractivity contribution in [3.05, 3.63) is 0 Å². The summed E-state index contributed by atoms with van der Waals surface area (Å²) in [6.45, 7) is 3.23. The second-order valence-corrected chi connectivity index (χ2v) is 5.84. The molecule has 3 aliphatic rings. The van der Waals surface area contributed by atoms with Gasteiger partial charge < -0.3 is 9.84 Å². The summed E-state index contributed by atoms with van der Waals surface area (Å²) >= 11 is 0. The summed E-state index contributed by atoms with van der Waals surface area (Å²) in [6, 6.07) is 0. The number of aliphatic hydroxyl groups is 1. The maximum absolute atomic E-state index is 10.2. The van der Waals surface area contributed by atoms with Crippen molar-refractivity contribution in [2.45, 2.75) is 57.2 Å². The minimum atomic E-state index is -0.0809. The molecular weight excluding hydrogens is 176 g/mol. The summed E-state index contributed by atoms with van der Waals surface area (Å²) in [6.07, 6.45) is 7.07. The van der Waals surface area contributed by atoms with Crippen LogP contribution in [0.25, 0.3) is 0 Å². The molecule has 1 saturated heterocycles. The number of epoxide rings is 1. The summed E-state index contributed by atoms with van der Waals surface area (Å²) in [5.74, 6) is 0.751. The Labute approximate surface area is 85.6 Å². The Morgan fingerprint density at radius 1 is 1.29 bits per heavy atom. The molecule has 1 heterocycles. The molecule has 0 amide bonds. The summed E-state index contributed by atoms with van der Waals surface area (Å²) in [5.41, 5.74) is 0.358. The lowest BCUT2D eigenvalue weighted by molar-refractivity contribution is -0.0847. The average Bonchev–Trinajstić information content (AvgIpc) is 2.88. The number of rotatable bonds is 0. The molecule has 0 aromatic heterocycles. The van der Waals surface area contributed by atoms with Gasteiger partial charge in [0.25, 0.3) is 0 Å². The molecule has 2 nitrogen and oxygen atoms in total. The van der Waals surface area contributed by atoms with Gasteiger partial charge in [0.1, 0.15) is 0 Å². The van der Waals surface area contributed by atoms with E-state index >= 15 is 0 Å². The molecule has 4 unspecified atom stereocenters. The Balaban J connectivity index is 1.85. The van der Waals surface area contributed by atoms with E-state index in [-0.39, 0.29) is 17.1 Å². The van der Waals surface area contributed by atoms with E-state index in [1.807, 2.05) is 0 Å². The van der Waals surface area contributed by atoms with E-state index in [2.05, 4.69) is 6.92 Å². The molecule has 2 heteroatoms. The molecular formula is C12H20O2. The van der Waals surface area contributed by atoms with Gasteiger partial charge in [0, 0.05) is 0 Å². The fourth-order valence-corrected chi connectivity index (χ4v) is 3.79. The largest absolute Gasteiger partial charge is 0.393 e. The van der Waals surface area contributed by atoms with Crippen molar-refractivity contribution in [2.75, 3.05) is 6.61 Å². The number of fused-ring (bicyclic) bond motifs is 1. The molecule has 2 aliphatic carbocycles. The lowest BCUT2D eigenvalue weighted by Gasteiger charge is -2.50. The highest BCUT2D eigenvalue weighted by atomic mass is 16.6. The maximum Gasteiger partial charge on any atom is 0.0923 e. The van der Waals surface area contributed by atoms with Crippen LogP contribution in [-0.4, -0.2) is 23.4 Å². The predicted molar refractivity (Wildman–Crippen MR) is 54.0 cm³/mol. The van der Waals surface area contributed by atoms with Gasteiger partial charge in [-0.2, -0.15) is 0 Å². The van der Waals surface area contributed by atoms with Crippen molar-refractivity contribution in [1.29, 1.82) is 0 Å². The zero-order chi connectivity index (χ0) is 9.81. The molecule has 1 N–H and O–H groups in total. The van der Waals surface area contributed by atoms with Gasteiger partial charge in [0.05, 0.1) is 18.3 Å². The SMILES string of the molecule is CC12CC3(CCC1CCCC2O)CO3. The van der Waals surface area contributed by atoms with Crippen LogP contribution in [0.4, 0.5) is 0 Å². The van der Waals surface area contributed by atoms with Crippen LogP contribution in [0.15, 0.2) is 0 Å². The standard InChI is InChI=1S/C12H20O2/c1-11-7-12(8-14-12)6-5-9(11)3-2-4-10(11)13/h9-10,13H,2-8H2,1H3. The Morgan fingerprint density at radius 2 is 2.07 bits per heavy atom. The molecule has 1 spiro atoms. The lowest BCUT2D eigenvalue weighted by atomic mass is 9.56. The van der Waals surface area contributed by atoms with Gasteiger partial charge in [-0.15, -0.1) is 0 Å². The van der Waals surface area contributed by atoms with Crippen molar-refractivity contribution in [3.63, 3.8) is 0 Å². The molecule has 0 aromatic rings. The first kappa shape index (κ1) is 9.17. The maximum atomic E-state index is 10.2. The minimum Gasteiger partial charge on any atom is -0.393 e. The van der Waals surface area contributed by atoms with Crippen LogP contribution in [0.2, 0.25) is 0 Å². The van der Waals surface area contributed by atoms with Gasteiger partial charge in [-0.1, -0.05) is 13.3 Å². The minimum absolute atomic E-state index is 0.0809. The summed E-state index contributed by atoms with van der Waals surface area (Å²) < 4.78 is 5.59. The number of ether oxygens (including phenoxy) is 1. The first-order valence-corrected chi connectivity index (χ1v) is 5.97. The summed E-state index contributed by atoms with van der Waals surface area (Å²) in [4.78, 5) is 0. The van der Waals surface area contributed by atoms with Crippen LogP contribution in [0.1, 0.15) is 45.4 Å². The van der Waals surface area contributed by atoms with E-state index in [0.717, 1.165) is 25.4 Å². The van der Waals surface area contributed by atoms with E-state index in [0.29, 0.717) is 0 Å². The molecule has 80 valence electrons. The number of hydrogen-bond donors (Lipinski definition) is 1. The third kappa shape index (κ3) is 1.17. The van der Waals surface area contributed by atoms with E-state index in [4.69, 9.17) is 4.74 Å². The van der Waals surface area contributed by atoms with Crippen molar-refractivity contribution in [2.24, 2.45) is 11.3 Å². The predicted octanol–water partition coefficient (Wildman–Crippen LogP) is 2.11. The topological polar surface area (TPSA) is 32.8 Å². The van der Waals surface area contributed by atoms with Gasteiger partial charge in [0.15, 0.2) is 0 Å². The van der Waals surface area contributed by atoms with Gasteiger partial charge in [-0.25, -0.2) is 0 Å². The van der Waals surface area contributed by atoms with Crippen molar-refractivity contribution >= 4 is 0 Å². The normalized spacial score (nSPS) is 57.0. The third-order valence-corrected chi connectivity index (χ3v) is 4.93. The summed E-state index contributed by atoms with van der Waals surface area (Å²) in [7, 11) is 0. The molecule has 4 atom stereocenters. The van der Waals surface area contributed by atoms with Gasteiger partial charge in [-0.3, -0.25) is 0 Å². The molecule has 3 rings (SSSR count). The van der Waals surface area contributed by atoms with Crippen LogP contribution >= 0.6 is 0 Å². The van der Waals surface area contributed by atoms with Crippen LogP contribution in [0.3, 0.4) is 0 Å². The van der Waals surface area contributed by atoms with Gasteiger partial charge >= 0.3 is 0 Å². The van der Waals surface area contributed by atoms with E-state index in [1.165, 1.54) is 25.7 Å². The molecule has 0 radical (unpaired) electrons. The van der Waals surface area contributed by atoms with Crippen molar-refractivity contribution in [1.82, 2.24) is 0 Å². The quantitative estimate of drug-likeness (QED) is 0.602. The smallest absolute Gasteiger partial charge is 0.0923 e. The average molecular weight is 196 g/mol.